The first-order valence-electron chi connectivity index (χ1n) is 9.30. The maximum absolute atomic E-state index is 12.7. The van der Waals surface area contributed by atoms with E-state index in [1.165, 1.54) is 22.2 Å². The summed E-state index contributed by atoms with van der Waals surface area (Å²) >= 11 is 3.20. The fraction of sp³-hybridized carbons (Fsp3) is 0.300. The molecule has 4 aromatic rings. The molecule has 3 heterocycles. The van der Waals surface area contributed by atoms with Crippen molar-refractivity contribution < 1.29 is 0 Å². The van der Waals surface area contributed by atoms with Crippen LogP contribution in [0.4, 0.5) is 0 Å². The van der Waals surface area contributed by atoms with Gasteiger partial charge in [-0.15, -0.1) is 21.5 Å². The van der Waals surface area contributed by atoms with E-state index in [1.54, 1.807) is 17.7 Å². The number of benzene rings is 1. The number of nitrogens with zero attached hydrogens (tertiary/aromatic N) is 4. The minimum Gasteiger partial charge on any atom is -0.309 e. The van der Waals surface area contributed by atoms with Gasteiger partial charge < -0.3 is 4.98 Å². The summed E-state index contributed by atoms with van der Waals surface area (Å²) < 4.78 is 1.94. The maximum Gasteiger partial charge on any atom is 0.259 e. The molecule has 1 aliphatic carbocycles. The van der Waals surface area contributed by atoms with Crippen LogP contribution in [0.2, 0.25) is 0 Å². The summed E-state index contributed by atoms with van der Waals surface area (Å²) in [5, 5.41) is 9.81. The van der Waals surface area contributed by atoms with Gasteiger partial charge in [0.05, 0.1) is 11.1 Å². The molecular weight excluding hydrogens is 390 g/mol. The fourth-order valence-corrected chi connectivity index (χ4v) is 5.88. The van der Waals surface area contributed by atoms with Crippen molar-refractivity contribution >= 4 is 33.3 Å². The average molecular weight is 410 g/mol. The minimum absolute atomic E-state index is 0.0165. The number of aromatic amines is 1. The van der Waals surface area contributed by atoms with Gasteiger partial charge in [-0.25, -0.2) is 4.98 Å². The third-order valence-corrected chi connectivity index (χ3v) is 7.21. The van der Waals surface area contributed by atoms with E-state index in [4.69, 9.17) is 4.98 Å². The molecule has 3 aromatic heterocycles. The van der Waals surface area contributed by atoms with Gasteiger partial charge in [0.25, 0.3) is 5.56 Å². The first-order chi connectivity index (χ1) is 13.7. The van der Waals surface area contributed by atoms with Gasteiger partial charge in [-0.3, -0.25) is 9.36 Å². The minimum atomic E-state index is -0.0165. The largest absolute Gasteiger partial charge is 0.309 e. The number of H-pyrrole nitrogens is 1. The SMILES string of the molecule is CC1CCc2c(sc3nc(CSc4nncn4-c4ccccc4)[nH]c(=O)c23)C1. The number of para-hydroxylation sites is 1. The van der Waals surface area contributed by atoms with E-state index in [9.17, 15) is 4.79 Å². The highest BCUT2D eigenvalue weighted by Gasteiger charge is 2.23. The molecule has 1 aromatic carbocycles. The van der Waals surface area contributed by atoms with Crippen LogP contribution in [0.25, 0.3) is 15.9 Å². The number of thiophene rings is 1. The number of aromatic nitrogens is 5. The third kappa shape index (κ3) is 3.16. The zero-order valence-electron chi connectivity index (χ0n) is 15.4. The molecule has 0 fully saturated rings. The Morgan fingerprint density at radius 2 is 2.18 bits per heavy atom. The van der Waals surface area contributed by atoms with Crippen molar-refractivity contribution in [3.05, 3.63) is 63.3 Å². The molecule has 0 saturated heterocycles. The van der Waals surface area contributed by atoms with Gasteiger partial charge in [-0.05, 0) is 42.9 Å². The normalized spacial score (nSPS) is 16.4. The van der Waals surface area contributed by atoms with E-state index < -0.39 is 0 Å². The average Bonchev–Trinajstić information content (AvgIpc) is 3.30. The molecule has 0 aliphatic heterocycles. The zero-order valence-corrected chi connectivity index (χ0v) is 17.0. The highest BCUT2D eigenvalue weighted by atomic mass is 32.2. The second kappa shape index (κ2) is 7.18. The van der Waals surface area contributed by atoms with Crippen molar-refractivity contribution in [3.63, 3.8) is 0 Å². The standard InChI is InChI=1S/C20H19N5OS2/c1-12-7-8-14-15(9-12)28-19-17(14)18(26)22-16(23-19)10-27-20-24-21-11-25(20)13-5-3-2-4-6-13/h2-6,11-12H,7-10H2,1H3,(H,22,23,26). The van der Waals surface area contributed by atoms with Crippen molar-refractivity contribution in [3.8, 4) is 5.69 Å². The Hall–Kier alpha value is -2.45. The van der Waals surface area contributed by atoms with Crippen molar-refractivity contribution in [1.82, 2.24) is 24.7 Å². The number of hydrogen-bond acceptors (Lipinski definition) is 6. The zero-order chi connectivity index (χ0) is 19.1. The van der Waals surface area contributed by atoms with Crippen LogP contribution in [0, 0.1) is 5.92 Å². The van der Waals surface area contributed by atoms with Gasteiger partial charge in [-0.2, -0.15) is 0 Å². The molecule has 8 heteroatoms. The lowest BCUT2D eigenvalue weighted by molar-refractivity contribution is 0.509. The molecule has 5 rings (SSSR count). The molecule has 28 heavy (non-hydrogen) atoms. The number of fused-ring (bicyclic) bond motifs is 3. The van der Waals surface area contributed by atoms with Gasteiger partial charge in [0.15, 0.2) is 5.16 Å². The van der Waals surface area contributed by atoms with E-state index in [-0.39, 0.29) is 5.56 Å². The second-order valence-electron chi connectivity index (χ2n) is 7.15. The van der Waals surface area contributed by atoms with Crippen LogP contribution in [0.1, 0.15) is 29.6 Å². The van der Waals surface area contributed by atoms with E-state index in [1.807, 2.05) is 34.9 Å². The van der Waals surface area contributed by atoms with Gasteiger partial charge in [-0.1, -0.05) is 36.9 Å². The van der Waals surface area contributed by atoms with E-state index in [2.05, 4.69) is 22.1 Å². The van der Waals surface area contributed by atoms with Crippen LogP contribution < -0.4 is 5.56 Å². The molecular formula is C20H19N5OS2. The molecule has 1 atom stereocenters. The predicted octanol–water partition coefficient (Wildman–Crippen LogP) is 3.98. The number of rotatable bonds is 4. The second-order valence-corrected chi connectivity index (χ2v) is 9.18. The molecule has 0 saturated carbocycles. The lowest BCUT2D eigenvalue weighted by Gasteiger charge is -2.17. The highest BCUT2D eigenvalue weighted by molar-refractivity contribution is 7.98. The van der Waals surface area contributed by atoms with E-state index >= 15 is 0 Å². The Morgan fingerprint density at radius 1 is 1.32 bits per heavy atom. The molecule has 1 aliphatic rings. The lowest BCUT2D eigenvalue weighted by atomic mass is 9.89. The van der Waals surface area contributed by atoms with E-state index in [0.717, 1.165) is 40.3 Å². The van der Waals surface area contributed by atoms with Crippen LogP contribution >= 0.6 is 23.1 Å². The fourth-order valence-electron chi connectivity index (χ4n) is 3.68. The first-order valence-corrected chi connectivity index (χ1v) is 11.1. The van der Waals surface area contributed by atoms with Crippen molar-refractivity contribution in [2.24, 2.45) is 5.92 Å². The summed E-state index contributed by atoms with van der Waals surface area (Å²) in [5.41, 5.74) is 2.21. The Labute approximate surface area is 170 Å². The Bertz CT molecular complexity index is 1190. The summed E-state index contributed by atoms with van der Waals surface area (Å²) in [5.74, 6) is 1.89. The molecule has 0 spiro atoms. The molecule has 1 unspecified atom stereocenters. The third-order valence-electron chi connectivity index (χ3n) is 5.10. The maximum atomic E-state index is 12.7. The number of nitrogens with one attached hydrogen (secondary N) is 1. The Kier molecular flexibility index (Phi) is 4.52. The van der Waals surface area contributed by atoms with Gasteiger partial charge in [0.1, 0.15) is 17.0 Å². The lowest BCUT2D eigenvalue weighted by Crippen LogP contribution is -2.14. The molecule has 1 N–H and O–H groups in total. The number of thioether (sulfide) groups is 1. The van der Waals surface area contributed by atoms with Crippen LogP contribution in [-0.4, -0.2) is 24.7 Å². The van der Waals surface area contributed by atoms with Gasteiger partial charge >= 0.3 is 0 Å². The quantitative estimate of drug-likeness (QED) is 0.516. The van der Waals surface area contributed by atoms with E-state index in [0.29, 0.717) is 17.5 Å². The monoisotopic (exact) mass is 409 g/mol. The highest BCUT2D eigenvalue weighted by Crippen LogP contribution is 2.35. The molecule has 0 bridgehead atoms. The summed E-state index contributed by atoms with van der Waals surface area (Å²) in [6.45, 7) is 2.27. The summed E-state index contributed by atoms with van der Waals surface area (Å²) in [7, 11) is 0. The van der Waals surface area contributed by atoms with Gasteiger partial charge in [0.2, 0.25) is 0 Å². The first kappa shape index (κ1) is 17.6. The molecule has 0 amide bonds. The topological polar surface area (TPSA) is 76.5 Å². The molecule has 142 valence electrons. The smallest absolute Gasteiger partial charge is 0.259 e. The van der Waals surface area contributed by atoms with Crippen molar-refractivity contribution in [2.75, 3.05) is 0 Å². The van der Waals surface area contributed by atoms with Crippen LogP contribution in [0.3, 0.4) is 0 Å². The number of hydrogen-bond donors (Lipinski definition) is 1. The van der Waals surface area contributed by atoms with Gasteiger partial charge in [0, 0.05) is 10.6 Å². The van der Waals surface area contributed by atoms with Crippen molar-refractivity contribution in [2.45, 2.75) is 37.1 Å². The number of aryl methyl sites for hydroxylation is 1. The molecule has 0 radical (unpaired) electrons. The van der Waals surface area contributed by atoms with Crippen molar-refractivity contribution in [1.29, 1.82) is 0 Å². The Morgan fingerprint density at radius 3 is 3.04 bits per heavy atom. The van der Waals surface area contributed by atoms with Crippen LogP contribution in [0.5, 0.6) is 0 Å². The summed E-state index contributed by atoms with van der Waals surface area (Å²) in [6, 6.07) is 9.96. The molecule has 6 nitrogen and oxygen atoms in total. The Balaban J connectivity index is 1.43. The van der Waals surface area contributed by atoms with Crippen LogP contribution in [0.15, 0.2) is 46.6 Å². The van der Waals surface area contributed by atoms with Crippen LogP contribution in [-0.2, 0) is 18.6 Å². The predicted molar refractivity (Wildman–Crippen MR) is 112 cm³/mol. The summed E-state index contributed by atoms with van der Waals surface area (Å²) in [6.07, 6.45) is 4.88. The summed E-state index contributed by atoms with van der Waals surface area (Å²) in [4.78, 5) is 22.7.